The molecule has 0 bridgehead atoms. The molecule has 2 nitrogen and oxygen atoms in total. The van der Waals surface area contributed by atoms with Crippen LogP contribution in [-0.4, -0.2) is 10.2 Å². The minimum atomic E-state index is -0.0563. The first-order valence-corrected chi connectivity index (χ1v) is 9.57. The average Bonchev–Trinajstić information content (AvgIpc) is 2.51. The molecule has 0 aliphatic rings. The van der Waals surface area contributed by atoms with Gasteiger partial charge in [0.2, 0.25) is 0 Å². The summed E-state index contributed by atoms with van der Waals surface area (Å²) in [6.45, 7) is 18.9. The van der Waals surface area contributed by atoms with Crippen molar-refractivity contribution in [2.75, 3.05) is 0 Å². The van der Waals surface area contributed by atoms with Gasteiger partial charge in [-0.25, -0.2) is 0 Å². The Morgan fingerprint density at radius 1 is 0.769 bits per heavy atom. The monoisotopic (exact) mass is 354 g/mol. The lowest BCUT2D eigenvalue weighted by Crippen LogP contribution is -2.15. The lowest BCUT2D eigenvalue weighted by atomic mass is 9.77. The highest BCUT2D eigenvalue weighted by Crippen LogP contribution is 2.49. The Balaban J connectivity index is 3.01. The summed E-state index contributed by atoms with van der Waals surface area (Å²) < 4.78 is 0. The summed E-state index contributed by atoms with van der Waals surface area (Å²) in [5.74, 6) is 1.05. The molecule has 0 atom stereocenters. The number of phenolic OH excluding ortho intramolecular Hbond substituents is 2. The Kier molecular flexibility index (Phi) is 5.46. The maximum Gasteiger partial charge on any atom is 0.127 e. The van der Waals surface area contributed by atoms with Crippen LogP contribution in [0.25, 0.3) is 11.1 Å². The molecule has 26 heavy (non-hydrogen) atoms. The first kappa shape index (κ1) is 20.4. The second kappa shape index (κ2) is 6.98. The first-order chi connectivity index (χ1) is 11.9. The van der Waals surface area contributed by atoms with Crippen molar-refractivity contribution in [2.45, 2.75) is 79.6 Å². The Labute approximate surface area is 158 Å². The largest absolute Gasteiger partial charge is 0.507 e. The molecule has 0 heterocycles. The van der Waals surface area contributed by atoms with Gasteiger partial charge in [-0.1, -0.05) is 66.7 Å². The molecule has 0 saturated carbocycles. The molecule has 2 N–H and O–H groups in total. The van der Waals surface area contributed by atoms with E-state index in [2.05, 4.69) is 60.6 Å². The second-order valence-corrected chi connectivity index (χ2v) is 9.12. The average molecular weight is 355 g/mol. The summed E-state index contributed by atoms with van der Waals surface area (Å²) in [4.78, 5) is 0. The van der Waals surface area contributed by atoms with Crippen LogP contribution in [0.3, 0.4) is 0 Å². The van der Waals surface area contributed by atoms with Crippen molar-refractivity contribution in [1.29, 1.82) is 0 Å². The van der Waals surface area contributed by atoms with Gasteiger partial charge in [0.05, 0.1) is 0 Å². The molecular weight excluding hydrogens is 320 g/mol. The number of hydrogen-bond donors (Lipinski definition) is 2. The van der Waals surface area contributed by atoms with Gasteiger partial charge in [0.15, 0.2) is 0 Å². The molecular formula is C24H34O2. The van der Waals surface area contributed by atoms with Crippen LogP contribution < -0.4 is 0 Å². The number of benzene rings is 2. The van der Waals surface area contributed by atoms with Gasteiger partial charge >= 0.3 is 0 Å². The van der Waals surface area contributed by atoms with Crippen LogP contribution >= 0.6 is 0 Å². The second-order valence-electron chi connectivity index (χ2n) is 9.12. The first-order valence-electron chi connectivity index (χ1n) is 9.57. The molecule has 0 aliphatic carbocycles. The van der Waals surface area contributed by atoms with E-state index in [1.807, 2.05) is 19.9 Å². The fourth-order valence-corrected chi connectivity index (χ4v) is 3.74. The van der Waals surface area contributed by atoms with Gasteiger partial charge in [0, 0.05) is 11.1 Å². The smallest absolute Gasteiger partial charge is 0.127 e. The third kappa shape index (κ3) is 3.47. The molecule has 0 fully saturated rings. The minimum absolute atomic E-state index is 0.0563. The van der Waals surface area contributed by atoms with Crippen LogP contribution in [0.15, 0.2) is 18.2 Å². The highest BCUT2D eigenvalue weighted by Gasteiger charge is 2.27. The fraction of sp³-hybridized carbons (Fsp3) is 0.500. The van der Waals surface area contributed by atoms with E-state index in [0.29, 0.717) is 5.75 Å². The van der Waals surface area contributed by atoms with Crippen LogP contribution in [0.5, 0.6) is 11.5 Å². The molecule has 0 aromatic heterocycles. The summed E-state index contributed by atoms with van der Waals surface area (Å²) in [5.41, 5.74) is 6.54. The predicted molar refractivity (Wildman–Crippen MR) is 112 cm³/mol. The summed E-state index contributed by atoms with van der Waals surface area (Å²) >= 11 is 0. The van der Waals surface area contributed by atoms with Crippen molar-refractivity contribution >= 4 is 0 Å². The predicted octanol–water partition coefficient (Wildman–Crippen LogP) is 6.93. The Bertz CT molecular complexity index is 821. The molecule has 0 spiro atoms. The third-order valence-electron chi connectivity index (χ3n) is 5.30. The van der Waals surface area contributed by atoms with E-state index in [-0.39, 0.29) is 23.0 Å². The summed E-state index contributed by atoms with van der Waals surface area (Å²) in [6, 6.07) is 6.25. The lowest BCUT2D eigenvalue weighted by Gasteiger charge is -2.28. The van der Waals surface area contributed by atoms with Crippen molar-refractivity contribution < 1.29 is 10.2 Å². The molecule has 0 aliphatic heterocycles. The Morgan fingerprint density at radius 3 is 1.73 bits per heavy atom. The standard InChI is InChI=1S/C24H34O2/c1-13(2)17-11-10-15(5)22(25)20(17)21-18(14(3)4)12-19(24(7,8)9)16(6)23(21)26/h10-14,25-26H,1-9H3. The van der Waals surface area contributed by atoms with Gasteiger partial charge in [0.25, 0.3) is 0 Å². The number of aryl methyl sites for hydroxylation is 1. The highest BCUT2D eigenvalue weighted by molar-refractivity contribution is 5.84. The van der Waals surface area contributed by atoms with E-state index in [1.165, 1.54) is 0 Å². The fourth-order valence-electron chi connectivity index (χ4n) is 3.74. The third-order valence-corrected chi connectivity index (χ3v) is 5.30. The topological polar surface area (TPSA) is 40.5 Å². The Morgan fingerprint density at radius 2 is 1.27 bits per heavy atom. The van der Waals surface area contributed by atoms with Gasteiger partial charge in [-0.05, 0) is 58.9 Å². The number of phenols is 2. The van der Waals surface area contributed by atoms with E-state index >= 15 is 0 Å². The van der Waals surface area contributed by atoms with Crippen LogP contribution in [0.1, 0.15) is 88.1 Å². The van der Waals surface area contributed by atoms with Gasteiger partial charge in [-0.3, -0.25) is 0 Å². The molecule has 2 aromatic carbocycles. The maximum atomic E-state index is 11.2. The van der Waals surface area contributed by atoms with Gasteiger partial charge in [0.1, 0.15) is 11.5 Å². The normalized spacial score (nSPS) is 12.3. The van der Waals surface area contributed by atoms with E-state index in [1.54, 1.807) is 0 Å². The highest BCUT2D eigenvalue weighted by atomic mass is 16.3. The van der Waals surface area contributed by atoms with Crippen LogP contribution in [0, 0.1) is 13.8 Å². The van der Waals surface area contributed by atoms with Crippen molar-refractivity contribution in [2.24, 2.45) is 0 Å². The lowest BCUT2D eigenvalue weighted by molar-refractivity contribution is 0.460. The van der Waals surface area contributed by atoms with E-state index in [9.17, 15) is 10.2 Å². The molecule has 0 unspecified atom stereocenters. The summed E-state index contributed by atoms with van der Waals surface area (Å²) in [7, 11) is 0. The zero-order chi connectivity index (χ0) is 20.0. The quantitative estimate of drug-likeness (QED) is 0.627. The molecule has 2 rings (SSSR count). The summed E-state index contributed by atoms with van der Waals surface area (Å²) in [5, 5.41) is 22.2. The number of rotatable bonds is 3. The van der Waals surface area contributed by atoms with Crippen LogP contribution in [0.2, 0.25) is 0 Å². The van der Waals surface area contributed by atoms with Crippen LogP contribution in [-0.2, 0) is 5.41 Å². The van der Waals surface area contributed by atoms with E-state index in [0.717, 1.165) is 38.9 Å². The number of aromatic hydroxyl groups is 2. The zero-order valence-corrected chi connectivity index (χ0v) is 17.8. The molecule has 2 heteroatoms. The molecule has 142 valence electrons. The molecule has 0 radical (unpaired) electrons. The van der Waals surface area contributed by atoms with Crippen molar-refractivity contribution in [1.82, 2.24) is 0 Å². The van der Waals surface area contributed by atoms with Crippen molar-refractivity contribution in [3.63, 3.8) is 0 Å². The summed E-state index contributed by atoms with van der Waals surface area (Å²) in [6.07, 6.45) is 0. The van der Waals surface area contributed by atoms with Crippen molar-refractivity contribution in [3.05, 3.63) is 46.0 Å². The SMILES string of the molecule is Cc1ccc(C(C)C)c(-c2c(C(C)C)cc(C(C)(C)C)c(C)c2O)c1O. The number of hydrogen-bond acceptors (Lipinski definition) is 2. The maximum absolute atomic E-state index is 11.2. The van der Waals surface area contributed by atoms with Crippen LogP contribution in [0.4, 0.5) is 0 Å². The zero-order valence-electron chi connectivity index (χ0n) is 17.8. The van der Waals surface area contributed by atoms with Gasteiger partial charge < -0.3 is 10.2 Å². The Hall–Kier alpha value is -1.96. The van der Waals surface area contributed by atoms with Gasteiger partial charge in [-0.2, -0.15) is 0 Å². The molecule has 0 amide bonds. The molecule has 2 aromatic rings. The molecule has 0 saturated heterocycles. The van der Waals surface area contributed by atoms with E-state index < -0.39 is 0 Å². The van der Waals surface area contributed by atoms with E-state index in [4.69, 9.17) is 0 Å². The van der Waals surface area contributed by atoms with Crippen molar-refractivity contribution in [3.8, 4) is 22.6 Å². The minimum Gasteiger partial charge on any atom is -0.507 e. The van der Waals surface area contributed by atoms with Gasteiger partial charge in [-0.15, -0.1) is 0 Å².